The maximum atomic E-state index is 11.6. The van der Waals surface area contributed by atoms with Crippen molar-refractivity contribution < 1.29 is 4.79 Å². The second-order valence-electron chi connectivity index (χ2n) is 4.53. The average Bonchev–Trinajstić information content (AvgIpc) is 2.29. The molecule has 1 aliphatic heterocycles. The summed E-state index contributed by atoms with van der Waals surface area (Å²) in [4.78, 5) is 11.6. The Kier molecular flexibility index (Phi) is 3.60. The van der Waals surface area contributed by atoms with Gasteiger partial charge < -0.3 is 5.32 Å². The van der Waals surface area contributed by atoms with Gasteiger partial charge in [0.15, 0.2) is 0 Å². The van der Waals surface area contributed by atoms with Crippen LogP contribution in [0.25, 0.3) is 0 Å². The zero-order valence-corrected chi connectivity index (χ0v) is 9.83. The van der Waals surface area contributed by atoms with Crippen LogP contribution in [-0.4, -0.2) is 11.8 Å². The van der Waals surface area contributed by atoms with Gasteiger partial charge >= 0.3 is 0 Å². The molecule has 0 unspecified atom stereocenters. The average molecular weight is 217 g/mol. The van der Waals surface area contributed by atoms with Gasteiger partial charge in [-0.15, -0.1) is 0 Å². The number of carbonyl (C=O) groups excluding carboxylic acids is 1. The molecule has 0 amide bonds. The first-order chi connectivity index (χ1) is 7.79. The second-order valence-corrected chi connectivity index (χ2v) is 4.53. The van der Waals surface area contributed by atoms with E-state index >= 15 is 0 Å². The lowest BCUT2D eigenvalue weighted by Gasteiger charge is -2.26. The number of anilines is 1. The monoisotopic (exact) mass is 217 g/mol. The molecule has 0 aliphatic carbocycles. The fourth-order valence-corrected chi connectivity index (χ4v) is 2.31. The van der Waals surface area contributed by atoms with Crippen LogP contribution in [0, 0.1) is 0 Å². The van der Waals surface area contributed by atoms with Crippen molar-refractivity contribution in [1.82, 2.24) is 0 Å². The molecule has 1 atom stereocenters. The van der Waals surface area contributed by atoms with E-state index in [-0.39, 0.29) is 0 Å². The molecule has 0 radical (unpaired) electrons. The van der Waals surface area contributed by atoms with Gasteiger partial charge in [0.25, 0.3) is 0 Å². The molecule has 86 valence electrons. The number of ketones is 1. The molecular formula is C14H19NO. The van der Waals surface area contributed by atoms with E-state index < -0.39 is 0 Å². The molecule has 0 fully saturated rings. The van der Waals surface area contributed by atoms with Crippen LogP contribution in [0.5, 0.6) is 0 Å². The van der Waals surface area contributed by atoms with Crippen molar-refractivity contribution in [3.8, 4) is 0 Å². The summed E-state index contributed by atoms with van der Waals surface area (Å²) in [7, 11) is 0. The van der Waals surface area contributed by atoms with Crippen LogP contribution in [0.3, 0.4) is 0 Å². The molecule has 1 heterocycles. The fourth-order valence-electron chi connectivity index (χ4n) is 2.31. The molecular weight excluding hydrogens is 198 g/mol. The Bertz CT molecular complexity index is 373. The number of carbonyl (C=O) groups is 1. The summed E-state index contributed by atoms with van der Waals surface area (Å²) < 4.78 is 0. The SMILES string of the molecule is CCCC(=O)C[C@H]1CCc2ccccc2N1. The van der Waals surface area contributed by atoms with Gasteiger partial charge in [-0.3, -0.25) is 4.79 Å². The molecule has 1 aromatic carbocycles. The van der Waals surface area contributed by atoms with Gasteiger partial charge in [-0.05, 0) is 30.9 Å². The second kappa shape index (κ2) is 5.15. The number of nitrogens with one attached hydrogen (secondary N) is 1. The first kappa shape index (κ1) is 11.2. The van der Waals surface area contributed by atoms with E-state index in [1.807, 2.05) is 6.07 Å². The Morgan fingerprint density at radius 2 is 2.25 bits per heavy atom. The van der Waals surface area contributed by atoms with Crippen molar-refractivity contribution >= 4 is 11.5 Å². The van der Waals surface area contributed by atoms with Gasteiger partial charge in [0.05, 0.1) is 0 Å². The van der Waals surface area contributed by atoms with Gasteiger partial charge in [-0.1, -0.05) is 25.1 Å². The van der Waals surface area contributed by atoms with Crippen molar-refractivity contribution in [1.29, 1.82) is 0 Å². The predicted octanol–water partition coefficient (Wildman–Crippen LogP) is 3.17. The molecule has 16 heavy (non-hydrogen) atoms. The lowest BCUT2D eigenvalue weighted by Crippen LogP contribution is -2.27. The lowest BCUT2D eigenvalue weighted by atomic mass is 9.94. The Morgan fingerprint density at radius 3 is 3.06 bits per heavy atom. The Balaban J connectivity index is 1.95. The molecule has 0 spiro atoms. The largest absolute Gasteiger partial charge is 0.382 e. The molecule has 0 aromatic heterocycles. The fraction of sp³-hybridized carbons (Fsp3) is 0.500. The number of benzene rings is 1. The van der Waals surface area contributed by atoms with E-state index in [4.69, 9.17) is 0 Å². The number of aryl methyl sites for hydroxylation is 1. The van der Waals surface area contributed by atoms with E-state index in [1.54, 1.807) is 0 Å². The minimum atomic E-state index is 0.342. The normalized spacial score (nSPS) is 18.7. The van der Waals surface area contributed by atoms with Crippen LogP contribution in [0.15, 0.2) is 24.3 Å². The van der Waals surface area contributed by atoms with Crippen LogP contribution in [0.4, 0.5) is 5.69 Å². The van der Waals surface area contributed by atoms with Crippen molar-refractivity contribution in [3.63, 3.8) is 0 Å². The van der Waals surface area contributed by atoms with Gasteiger partial charge in [-0.2, -0.15) is 0 Å². The number of para-hydroxylation sites is 1. The lowest BCUT2D eigenvalue weighted by molar-refractivity contribution is -0.119. The molecule has 1 aromatic rings. The molecule has 1 aliphatic rings. The zero-order valence-electron chi connectivity index (χ0n) is 9.83. The first-order valence-corrected chi connectivity index (χ1v) is 6.15. The Morgan fingerprint density at radius 1 is 1.44 bits per heavy atom. The first-order valence-electron chi connectivity index (χ1n) is 6.15. The van der Waals surface area contributed by atoms with Crippen molar-refractivity contribution in [2.45, 2.75) is 45.1 Å². The van der Waals surface area contributed by atoms with Gasteiger partial charge in [0, 0.05) is 24.6 Å². The van der Waals surface area contributed by atoms with Crippen molar-refractivity contribution in [3.05, 3.63) is 29.8 Å². The quantitative estimate of drug-likeness (QED) is 0.839. The highest BCUT2D eigenvalue weighted by Crippen LogP contribution is 2.25. The van der Waals surface area contributed by atoms with E-state index in [1.165, 1.54) is 11.3 Å². The van der Waals surface area contributed by atoms with Crippen LogP contribution < -0.4 is 5.32 Å². The minimum absolute atomic E-state index is 0.342. The summed E-state index contributed by atoms with van der Waals surface area (Å²) in [6.45, 7) is 2.06. The van der Waals surface area contributed by atoms with E-state index in [0.717, 1.165) is 25.7 Å². The highest BCUT2D eigenvalue weighted by Gasteiger charge is 2.19. The third kappa shape index (κ3) is 2.63. The number of hydrogen-bond donors (Lipinski definition) is 1. The third-order valence-corrected chi connectivity index (χ3v) is 3.14. The summed E-state index contributed by atoms with van der Waals surface area (Å²) >= 11 is 0. The molecule has 2 nitrogen and oxygen atoms in total. The number of rotatable bonds is 4. The van der Waals surface area contributed by atoms with Gasteiger partial charge in [0.2, 0.25) is 0 Å². The summed E-state index contributed by atoms with van der Waals surface area (Å²) in [6.07, 6.45) is 4.53. The number of hydrogen-bond acceptors (Lipinski definition) is 2. The van der Waals surface area contributed by atoms with Crippen molar-refractivity contribution in [2.24, 2.45) is 0 Å². The van der Waals surface area contributed by atoms with Gasteiger partial charge in [-0.25, -0.2) is 0 Å². The maximum Gasteiger partial charge on any atom is 0.134 e. The van der Waals surface area contributed by atoms with E-state index in [2.05, 4.69) is 30.4 Å². The van der Waals surface area contributed by atoms with Crippen LogP contribution >= 0.6 is 0 Å². The topological polar surface area (TPSA) is 29.1 Å². The Hall–Kier alpha value is -1.31. The van der Waals surface area contributed by atoms with E-state index in [0.29, 0.717) is 18.2 Å². The summed E-state index contributed by atoms with van der Waals surface area (Å²) in [5.74, 6) is 0.388. The van der Waals surface area contributed by atoms with Crippen LogP contribution in [-0.2, 0) is 11.2 Å². The smallest absolute Gasteiger partial charge is 0.134 e. The Labute approximate surface area is 97.1 Å². The number of Topliss-reactive ketones (excluding diaryl/α,β-unsaturated/α-hetero) is 1. The molecule has 1 N–H and O–H groups in total. The molecule has 0 bridgehead atoms. The van der Waals surface area contributed by atoms with E-state index in [9.17, 15) is 4.79 Å². The highest BCUT2D eigenvalue weighted by atomic mass is 16.1. The highest BCUT2D eigenvalue weighted by molar-refractivity contribution is 5.79. The van der Waals surface area contributed by atoms with Gasteiger partial charge in [0.1, 0.15) is 5.78 Å². The predicted molar refractivity (Wildman–Crippen MR) is 66.7 cm³/mol. The molecule has 0 saturated carbocycles. The molecule has 0 saturated heterocycles. The third-order valence-electron chi connectivity index (χ3n) is 3.14. The van der Waals surface area contributed by atoms with Crippen LogP contribution in [0.2, 0.25) is 0 Å². The minimum Gasteiger partial charge on any atom is -0.382 e. The number of fused-ring (bicyclic) bond motifs is 1. The standard InChI is InChI=1S/C14H19NO/c1-2-5-13(16)10-12-9-8-11-6-3-4-7-14(11)15-12/h3-4,6-7,12,15H,2,5,8-10H2,1H3/t12-/m1/s1. The summed E-state index contributed by atoms with van der Waals surface area (Å²) in [6, 6.07) is 8.72. The summed E-state index contributed by atoms with van der Waals surface area (Å²) in [5, 5.41) is 3.47. The molecule has 2 rings (SSSR count). The molecule has 2 heteroatoms. The maximum absolute atomic E-state index is 11.6. The van der Waals surface area contributed by atoms with Crippen molar-refractivity contribution in [2.75, 3.05) is 5.32 Å². The zero-order chi connectivity index (χ0) is 11.4. The van der Waals surface area contributed by atoms with Crippen LogP contribution in [0.1, 0.15) is 38.2 Å². The summed E-state index contributed by atoms with van der Waals surface area (Å²) in [5.41, 5.74) is 2.59.